The van der Waals surface area contributed by atoms with Crippen LogP contribution in [0, 0.1) is 0 Å². The highest BCUT2D eigenvalue weighted by molar-refractivity contribution is 5.54. The van der Waals surface area contributed by atoms with Crippen molar-refractivity contribution in [3.63, 3.8) is 0 Å². The Morgan fingerprint density at radius 1 is 1.05 bits per heavy atom. The van der Waals surface area contributed by atoms with E-state index in [0.717, 1.165) is 18.7 Å². The molecule has 2 heteroatoms. The van der Waals surface area contributed by atoms with E-state index in [4.69, 9.17) is 4.74 Å². The molecule has 1 atom stereocenters. The molecule has 1 saturated heterocycles. The summed E-state index contributed by atoms with van der Waals surface area (Å²) in [7, 11) is 1.69. The highest BCUT2D eigenvalue weighted by Crippen LogP contribution is 2.38. The van der Waals surface area contributed by atoms with Crippen molar-refractivity contribution < 1.29 is 4.74 Å². The Balaban J connectivity index is 1.91. The number of anilines is 1. The second kappa shape index (κ2) is 5.41. The highest BCUT2D eigenvalue weighted by atomic mass is 16.5. The van der Waals surface area contributed by atoms with Gasteiger partial charge in [0.05, 0.1) is 13.2 Å². The fraction of sp³-hybridized carbons (Fsp3) is 0.222. The number of nitrogens with zero attached hydrogens (tertiary/aromatic N) is 1. The van der Waals surface area contributed by atoms with E-state index in [0.29, 0.717) is 6.04 Å². The average Bonchev–Trinajstić information content (AvgIpc) is 2.90. The molecule has 3 rings (SSSR count). The zero-order valence-corrected chi connectivity index (χ0v) is 11.8. The van der Waals surface area contributed by atoms with Crippen LogP contribution in [0.1, 0.15) is 18.0 Å². The second-order valence-electron chi connectivity index (χ2n) is 5.21. The minimum atomic E-state index is 0.386. The lowest BCUT2D eigenvalue weighted by Crippen LogP contribution is -2.22. The molecule has 102 valence electrons. The number of hydrogen-bond donors (Lipinski definition) is 0. The van der Waals surface area contributed by atoms with E-state index in [-0.39, 0.29) is 0 Å². The Bertz CT molecular complexity index is 589. The lowest BCUT2D eigenvalue weighted by molar-refractivity contribution is 0.415. The predicted molar refractivity (Wildman–Crippen MR) is 83.3 cm³/mol. The van der Waals surface area contributed by atoms with Crippen LogP contribution in [-0.4, -0.2) is 13.7 Å². The maximum Gasteiger partial charge on any atom is 0.119 e. The van der Waals surface area contributed by atoms with Crippen LogP contribution in [0.5, 0.6) is 5.75 Å². The summed E-state index contributed by atoms with van der Waals surface area (Å²) in [6, 6.07) is 19.3. The van der Waals surface area contributed by atoms with E-state index in [2.05, 4.69) is 53.9 Å². The summed E-state index contributed by atoms with van der Waals surface area (Å²) < 4.78 is 5.23. The Morgan fingerprint density at radius 2 is 1.75 bits per heavy atom. The van der Waals surface area contributed by atoms with E-state index in [9.17, 15) is 0 Å². The fourth-order valence-electron chi connectivity index (χ4n) is 2.82. The molecule has 0 N–H and O–H groups in total. The quantitative estimate of drug-likeness (QED) is 0.771. The van der Waals surface area contributed by atoms with Crippen LogP contribution >= 0.6 is 0 Å². The summed E-state index contributed by atoms with van der Waals surface area (Å²) >= 11 is 0. The first kappa shape index (κ1) is 12.8. The second-order valence-corrected chi connectivity index (χ2v) is 5.21. The summed E-state index contributed by atoms with van der Waals surface area (Å²) in [5.41, 5.74) is 3.86. The predicted octanol–water partition coefficient (Wildman–Crippen LogP) is 4.20. The van der Waals surface area contributed by atoms with Gasteiger partial charge in [-0.25, -0.2) is 0 Å². The van der Waals surface area contributed by atoms with Crippen molar-refractivity contribution in [2.24, 2.45) is 0 Å². The summed E-state index contributed by atoms with van der Waals surface area (Å²) in [6.45, 7) is 5.10. The number of ether oxygens (including phenoxy) is 1. The molecular weight excluding hydrogens is 246 g/mol. The van der Waals surface area contributed by atoms with Crippen molar-refractivity contribution in [2.75, 3.05) is 18.6 Å². The lowest BCUT2D eigenvalue weighted by atomic mass is 10.0. The van der Waals surface area contributed by atoms with E-state index in [1.165, 1.54) is 16.8 Å². The first-order chi connectivity index (χ1) is 9.78. The van der Waals surface area contributed by atoms with Gasteiger partial charge in [0, 0.05) is 12.2 Å². The van der Waals surface area contributed by atoms with Crippen LogP contribution in [0.4, 0.5) is 5.69 Å². The maximum absolute atomic E-state index is 5.23. The monoisotopic (exact) mass is 265 g/mol. The molecule has 0 saturated carbocycles. The molecule has 1 heterocycles. The summed E-state index contributed by atoms with van der Waals surface area (Å²) in [5.74, 6) is 0.892. The van der Waals surface area contributed by atoms with Crippen LogP contribution in [-0.2, 0) is 0 Å². The van der Waals surface area contributed by atoms with Crippen molar-refractivity contribution in [2.45, 2.75) is 12.5 Å². The smallest absolute Gasteiger partial charge is 0.119 e. The van der Waals surface area contributed by atoms with Crippen LogP contribution in [0.25, 0.3) is 0 Å². The average molecular weight is 265 g/mol. The number of benzene rings is 2. The molecule has 1 aliphatic heterocycles. The highest BCUT2D eigenvalue weighted by Gasteiger charge is 2.28. The van der Waals surface area contributed by atoms with Crippen molar-refractivity contribution in [3.8, 4) is 5.75 Å². The molecule has 2 nitrogen and oxygen atoms in total. The van der Waals surface area contributed by atoms with E-state index >= 15 is 0 Å². The molecule has 20 heavy (non-hydrogen) atoms. The minimum absolute atomic E-state index is 0.386. The summed E-state index contributed by atoms with van der Waals surface area (Å²) in [6.07, 6.45) is 1.02. The van der Waals surface area contributed by atoms with Gasteiger partial charge in [-0.15, -0.1) is 0 Å². The van der Waals surface area contributed by atoms with Crippen molar-refractivity contribution in [1.82, 2.24) is 0 Å². The summed E-state index contributed by atoms with van der Waals surface area (Å²) in [5, 5.41) is 0. The minimum Gasteiger partial charge on any atom is -0.497 e. The Hall–Kier alpha value is -2.22. The van der Waals surface area contributed by atoms with Gasteiger partial charge in [-0.3, -0.25) is 0 Å². The Kier molecular flexibility index (Phi) is 3.46. The standard InChI is InChI=1S/C18H19NO/c1-14-12-18(15-6-4-3-5-7-15)19(13-14)16-8-10-17(20-2)11-9-16/h3-11,18H,1,12-13H2,2H3/t18-/m0/s1. The van der Waals surface area contributed by atoms with Crippen LogP contribution in [0.15, 0.2) is 66.7 Å². The zero-order chi connectivity index (χ0) is 13.9. The van der Waals surface area contributed by atoms with Gasteiger partial charge >= 0.3 is 0 Å². The first-order valence-electron chi connectivity index (χ1n) is 6.90. The third kappa shape index (κ3) is 2.42. The number of methoxy groups -OCH3 is 1. The number of rotatable bonds is 3. The molecular formula is C18H19NO. The lowest BCUT2D eigenvalue weighted by Gasteiger charge is -2.27. The number of hydrogen-bond acceptors (Lipinski definition) is 2. The SMILES string of the molecule is C=C1C[C@@H](c2ccccc2)N(c2ccc(OC)cc2)C1. The molecule has 0 amide bonds. The van der Waals surface area contributed by atoms with Gasteiger partial charge in [-0.05, 0) is 36.2 Å². The van der Waals surface area contributed by atoms with Gasteiger partial charge in [0.15, 0.2) is 0 Å². The molecule has 0 aliphatic carbocycles. The van der Waals surface area contributed by atoms with Crippen molar-refractivity contribution >= 4 is 5.69 Å². The van der Waals surface area contributed by atoms with Gasteiger partial charge < -0.3 is 9.64 Å². The third-order valence-corrected chi connectivity index (χ3v) is 3.84. The zero-order valence-electron chi connectivity index (χ0n) is 11.8. The van der Waals surface area contributed by atoms with E-state index < -0.39 is 0 Å². The molecule has 2 aromatic rings. The van der Waals surface area contributed by atoms with E-state index in [1.807, 2.05) is 12.1 Å². The van der Waals surface area contributed by atoms with Gasteiger partial charge in [0.1, 0.15) is 5.75 Å². The van der Waals surface area contributed by atoms with E-state index in [1.54, 1.807) is 7.11 Å². The molecule has 1 aliphatic rings. The topological polar surface area (TPSA) is 12.5 Å². The van der Waals surface area contributed by atoms with Crippen LogP contribution in [0.2, 0.25) is 0 Å². The van der Waals surface area contributed by atoms with Gasteiger partial charge in [-0.2, -0.15) is 0 Å². The van der Waals surface area contributed by atoms with Crippen molar-refractivity contribution in [1.29, 1.82) is 0 Å². The fourth-order valence-corrected chi connectivity index (χ4v) is 2.82. The van der Waals surface area contributed by atoms with Crippen LogP contribution in [0.3, 0.4) is 0 Å². The molecule has 0 spiro atoms. The largest absolute Gasteiger partial charge is 0.497 e. The van der Waals surface area contributed by atoms with Crippen LogP contribution < -0.4 is 9.64 Å². The van der Waals surface area contributed by atoms with Crippen molar-refractivity contribution in [3.05, 3.63) is 72.3 Å². The van der Waals surface area contributed by atoms with Gasteiger partial charge in [-0.1, -0.05) is 42.5 Å². The Morgan fingerprint density at radius 3 is 2.40 bits per heavy atom. The molecule has 2 aromatic carbocycles. The normalized spacial score (nSPS) is 18.4. The summed E-state index contributed by atoms with van der Waals surface area (Å²) in [4.78, 5) is 2.41. The molecule has 0 unspecified atom stereocenters. The van der Waals surface area contributed by atoms with Gasteiger partial charge in [0.25, 0.3) is 0 Å². The van der Waals surface area contributed by atoms with Gasteiger partial charge in [0.2, 0.25) is 0 Å². The molecule has 0 bridgehead atoms. The molecule has 1 fully saturated rings. The molecule has 0 radical (unpaired) electrons. The maximum atomic E-state index is 5.23. The third-order valence-electron chi connectivity index (χ3n) is 3.84. The molecule has 0 aromatic heterocycles. The first-order valence-corrected chi connectivity index (χ1v) is 6.90. The Labute approximate surface area is 120 Å².